The first-order valence-electron chi connectivity index (χ1n) is 6.66. The number of aromatic nitrogens is 2. The summed E-state index contributed by atoms with van der Waals surface area (Å²) in [5, 5.41) is 1.07. The van der Waals surface area contributed by atoms with Crippen molar-refractivity contribution in [2.75, 3.05) is 18.9 Å². The summed E-state index contributed by atoms with van der Waals surface area (Å²) < 4.78 is 36.5. The van der Waals surface area contributed by atoms with Crippen molar-refractivity contribution in [1.82, 2.24) is 9.97 Å². The van der Waals surface area contributed by atoms with Crippen molar-refractivity contribution in [3.8, 4) is 11.9 Å². The Hall–Kier alpha value is -2.61. The summed E-state index contributed by atoms with van der Waals surface area (Å²) in [6, 6.07) is 7.55. The number of methoxy groups -OCH3 is 2. The maximum Gasteiger partial charge on any atom is 0.319 e. The number of benzene rings is 1. The Morgan fingerprint density at radius 1 is 1.13 bits per heavy atom. The molecule has 8 heteroatoms. The van der Waals surface area contributed by atoms with Crippen molar-refractivity contribution in [2.45, 2.75) is 6.92 Å². The molecular weight excluding hydrogens is 318 g/mol. The van der Waals surface area contributed by atoms with Gasteiger partial charge in [-0.05, 0) is 18.6 Å². The van der Waals surface area contributed by atoms with Gasteiger partial charge in [0.2, 0.25) is 5.88 Å². The van der Waals surface area contributed by atoms with Crippen molar-refractivity contribution in [3.05, 3.63) is 47.0 Å². The molecule has 0 aliphatic rings. The molecule has 7 nitrogen and oxygen atoms in total. The minimum Gasteiger partial charge on any atom is -0.479 e. The summed E-state index contributed by atoms with van der Waals surface area (Å²) in [5.74, 6) is 0.0733. The van der Waals surface area contributed by atoms with E-state index in [0.29, 0.717) is 0 Å². The van der Waals surface area contributed by atoms with Crippen LogP contribution in [-0.2, 0) is 10.0 Å². The second-order valence-corrected chi connectivity index (χ2v) is 6.21. The van der Waals surface area contributed by atoms with Crippen LogP contribution >= 0.6 is 0 Å². The van der Waals surface area contributed by atoms with E-state index in [9.17, 15) is 8.42 Å². The topological polar surface area (TPSA) is 90.4 Å². The van der Waals surface area contributed by atoms with Crippen molar-refractivity contribution < 1.29 is 17.9 Å². The fourth-order valence-corrected chi connectivity index (χ4v) is 2.56. The minimum atomic E-state index is -3.73. The summed E-state index contributed by atoms with van der Waals surface area (Å²) in [5.41, 5.74) is 2.00. The average molecular weight is 335 g/mol. The van der Waals surface area contributed by atoms with Crippen molar-refractivity contribution in [3.63, 3.8) is 0 Å². The Labute approximate surface area is 135 Å². The molecule has 23 heavy (non-hydrogen) atoms. The third-order valence-corrected chi connectivity index (χ3v) is 3.88. The molecule has 122 valence electrons. The molecule has 0 fully saturated rings. The van der Waals surface area contributed by atoms with Gasteiger partial charge in [0.05, 0.1) is 25.8 Å². The fraction of sp³-hybridized carbons (Fsp3) is 0.200. The highest BCUT2D eigenvalue weighted by atomic mass is 32.2. The Balaban J connectivity index is 2.19. The van der Waals surface area contributed by atoms with Gasteiger partial charge < -0.3 is 9.47 Å². The summed E-state index contributed by atoms with van der Waals surface area (Å²) >= 11 is 0. The molecule has 0 radical (unpaired) electrons. The zero-order valence-electron chi connectivity index (χ0n) is 13.0. The number of hydrogen-bond donors (Lipinski definition) is 1. The standard InChI is InChI=1S/C15H17N3O4S/c1-11-4-6-12(7-5-11)8-9-23(19,20)18-13-10-16-15(22-3)17-14(13)21-2/h4-10,18H,1-3H3/b9-8+. The molecule has 1 aromatic heterocycles. The number of nitrogens with one attached hydrogen (secondary N) is 1. The summed E-state index contributed by atoms with van der Waals surface area (Å²) in [7, 11) is -0.944. The lowest BCUT2D eigenvalue weighted by Gasteiger charge is -2.09. The fourth-order valence-electron chi connectivity index (χ4n) is 1.71. The highest BCUT2D eigenvalue weighted by Crippen LogP contribution is 2.23. The van der Waals surface area contributed by atoms with E-state index >= 15 is 0 Å². The SMILES string of the molecule is COc1ncc(NS(=O)(=O)/C=C/c2ccc(C)cc2)c(OC)n1. The average Bonchev–Trinajstić information content (AvgIpc) is 2.54. The van der Waals surface area contributed by atoms with Crippen LogP contribution in [0.4, 0.5) is 5.69 Å². The smallest absolute Gasteiger partial charge is 0.319 e. The van der Waals surface area contributed by atoms with E-state index in [1.807, 2.05) is 31.2 Å². The number of hydrogen-bond acceptors (Lipinski definition) is 6. The van der Waals surface area contributed by atoms with Crippen LogP contribution < -0.4 is 14.2 Å². The van der Waals surface area contributed by atoms with Crippen LogP contribution in [0.5, 0.6) is 11.9 Å². The van der Waals surface area contributed by atoms with Gasteiger partial charge in [0, 0.05) is 0 Å². The first kappa shape index (κ1) is 16.8. The molecule has 2 rings (SSSR count). The third-order valence-electron chi connectivity index (χ3n) is 2.88. The van der Waals surface area contributed by atoms with E-state index in [1.165, 1.54) is 26.5 Å². The lowest BCUT2D eigenvalue weighted by molar-refractivity contribution is 0.353. The van der Waals surface area contributed by atoms with Crippen LogP contribution in [0.2, 0.25) is 0 Å². The number of anilines is 1. The van der Waals surface area contributed by atoms with Gasteiger partial charge in [0.25, 0.3) is 10.0 Å². The molecule has 0 saturated heterocycles. The molecule has 0 aliphatic heterocycles. The number of nitrogens with zero attached hydrogens (tertiary/aromatic N) is 2. The molecule has 0 aliphatic carbocycles. The predicted octanol–water partition coefficient (Wildman–Crippen LogP) is 2.21. The van der Waals surface area contributed by atoms with Gasteiger partial charge in [-0.15, -0.1) is 0 Å². The summed E-state index contributed by atoms with van der Waals surface area (Å²) in [6.45, 7) is 1.96. The molecule has 0 saturated carbocycles. The number of rotatable bonds is 6. The molecule has 0 atom stereocenters. The number of ether oxygens (including phenoxy) is 2. The third kappa shape index (κ3) is 4.68. The highest BCUT2D eigenvalue weighted by Gasteiger charge is 2.13. The zero-order valence-corrected chi connectivity index (χ0v) is 13.8. The van der Waals surface area contributed by atoms with Crippen molar-refractivity contribution >= 4 is 21.8 Å². The van der Waals surface area contributed by atoms with E-state index in [2.05, 4.69) is 14.7 Å². The Morgan fingerprint density at radius 3 is 2.43 bits per heavy atom. The first-order valence-corrected chi connectivity index (χ1v) is 8.21. The molecule has 1 heterocycles. The van der Waals surface area contributed by atoms with E-state index < -0.39 is 10.0 Å². The first-order chi connectivity index (χ1) is 10.9. The van der Waals surface area contributed by atoms with Crippen LogP contribution in [0.3, 0.4) is 0 Å². The van der Waals surface area contributed by atoms with Crippen LogP contribution in [0, 0.1) is 6.92 Å². The van der Waals surface area contributed by atoms with E-state index in [-0.39, 0.29) is 17.6 Å². The van der Waals surface area contributed by atoms with Gasteiger partial charge in [-0.2, -0.15) is 4.98 Å². The minimum absolute atomic E-state index is 0.0733. The second-order valence-electron chi connectivity index (χ2n) is 4.64. The molecule has 2 aromatic rings. The predicted molar refractivity (Wildman–Crippen MR) is 87.9 cm³/mol. The van der Waals surface area contributed by atoms with Gasteiger partial charge in [0.15, 0.2) is 0 Å². The maximum absolute atomic E-state index is 12.1. The molecule has 0 spiro atoms. The van der Waals surface area contributed by atoms with Crippen LogP contribution in [0.15, 0.2) is 35.9 Å². The van der Waals surface area contributed by atoms with E-state index in [4.69, 9.17) is 9.47 Å². The second kappa shape index (κ2) is 7.10. The Morgan fingerprint density at radius 2 is 1.83 bits per heavy atom. The summed E-state index contributed by atoms with van der Waals surface area (Å²) in [4.78, 5) is 7.77. The molecular formula is C15H17N3O4S. The maximum atomic E-state index is 12.1. The number of aryl methyl sites for hydroxylation is 1. The van der Waals surface area contributed by atoms with Crippen LogP contribution in [0.1, 0.15) is 11.1 Å². The normalized spacial score (nSPS) is 11.4. The van der Waals surface area contributed by atoms with Gasteiger partial charge in [-0.25, -0.2) is 13.4 Å². The van der Waals surface area contributed by atoms with Gasteiger partial charge in [0.1, 0.15) is 5.69 Å². The monoisotopic (exact) mass is 335 g/mol. The molecule has 1 aromatic carbocycles. The van der Waals surface area contributed by atoms with Crippen molar-refractivity contribution in [2.24, 2.45) is 0 Å². The largest absolute Gasteiger partial charge is 0.479 e. The Kier molecular flexibility index (Phi) is 5.17. The van der Waals surface area contributed by atoms with E-state index in [0.717, 1.165) is 16.5 Å². The number of sulfonamides is 1. The van der Waals surface area contributed by atoms with Crippen LogP contribution in [-0.4, -0.2) is 32.6 Å². The van der Waals surface area contributed by atoms with E-state index in [1.54, 1.807) is 0 Å². The molecule has 0 amide bonds. The Bertz CT molecular complexity index is 802. The van der Waals surface area contributed by atoms with Crippen molar-refractivity contribution in [1.29, 1.82) is 0 Å². The zero-order chi connectivity index (χ0) is 16.9. The molecule has 1 N–H and O–H groups in total. The summed E-state index contributed by atoms with van der Waals surface area (Å²) in [6.07, 6.45) is 2.78. The highest BCUT2D eigenvalue weighted by molar-refractivity contribution is 7.95. The lowest BCUT2D eigenvalue weighted by Crippen LogP contribution is -2.11. The quantitative estimate of drug-likeness (QED) is 0.870. The molecule has 0 bridgehead atoms. The lowest BCUT2D eigenvalue weighted by atomic mass is 10.2. The molecule has 0 unspecified atom stereocenters. The van der Waals surface area contributed by atoms with Gasteiger partial charge >= 0.3 is 6.01 Å². The van der Waals surface area contributed by atoms with Gasteiger partial charge in [-0.1, -0.05) is 29.8 Å². The van der Waals surface area contributed by atoms with Crippen LogP contribution in [0.25, 0.3) is 6.08 Å². The van der Waals surface area contributed by atoms with Gasteiger partial charge in [-0.3, -0.25) is 4.72 Å².